The Bertz CT molecular complexity index is 253. The van der Waals surface area contributed by atoms with Gasteiger partial charge in [-0.05, 0) is 28.9 Å². The van der Waals surface area contributed by atoms with Crippen LogP contribution >= 0.6 is 11.8 Å². The fraction of sp³-hybridized carbons (Fsp3) is 0.500. The molecule has 0 saturated carbocycles. The highest BCUT2D eigenvalue weighted by atomic mass is 32.2. The average Bonchev–Trinajstić information content (AvgIpc) is 2.04. The third kappa shape index (κ3) is 3.07. The van der Waals surface area contributed by atoms with Crippen LogP contribution in [-0.2, 0) is 5.41 Å². The Morgan fingerprint density at radius 1 is 1.08 bits per heavy atom. The second-order valence-electron chi connectivity index (χ2n) is 4.21. The van der Waals surface area contributed by atoms with Crippen molar-refractivity contribution in [3.63, 3.8) is 0 Å². The maximum atomic E-state index is 2.25. The minimum atomic E-state index is 0.273. The SMILES string of the molecule is CCSc1ccc(C(C)(C)C)cc1. The molecule has 0 saturated heterocycles. The first-order valence-corrected chi connectivity index (χ1v) is 5.76. The van der Waals surface area contributed by atoms with Gasteiger partial charge in [0.1, 0.15) is 0 Å². The lowest BCUT2D eigenvalue weighted by molar-refractivity contribution is 0.590. The molecule has 0 heterocycles. The number of benzene rings is 1. The third-order valence-corrected chi connectivity index (χ3v) is 2.93. The van der Waals surface area contributed by atoms with Crippen LogP contribution in [0.5, 0.6) is 0 Å². The van der Waals surface area contributed by atoms with E-state index in [1.807, 2.05) is 11.8 Å². The van der Waals surface area contributed by atoms with Crippen LogP contribution in [-0.4, -0.2) is 5.75 Å². The monoisotopic (exact) mass is 194 g/mol. The molecule has 0 N–H and O–H groups in total. The van der Waals surface area contributed by atoms with E-state index in [2.05, 4.69) is 52.0 Å². The van der Waals surface area contributed by atoms with Gasteiger partial charge in [0.2, 0.25) is 0 Å². The normalized spacial score (nSPS) is 11.7. The summed E-state index contributed by atoms with van der Waals surface area (Å²) in [5.41, 5.74) is 1.68. The van der Waals surface area contributed by atoms with E-state index >= 15 is 0 Å². The average molecular weight is 194 g/mol. The maximum Gasteiger partial charge on any atom is 0.00720 e. The van der Waals surface area contributed by atoms with Gasteiger partial charge in [0, 0.05) is 4.90 Å². The van der Waals surface area contributed by atoms with Crippen LogP contribution in [0.4, 0.5) is 0 Å². The molecule has 0 amide bonds. The van der Waals surface area contributed by atoms with Crippen LogP contribution < -0.4 is 0 Å². The van der Waals surface area contributed by atoms with Crippen LogP contribution in [0.2, 0.25) is 0 Å². The van der Waals surface area contributed by atoms with E-state index in [1.54, 1.807) is 0 Å². The molecule has 1 rings (SSSR count). The topological polar surface area (TPSA) is 0 Å². The molecule has 1 aromatic carbocycles. The van der Waals surface area contributed by atoms with E-state index in [0.717, 1.165) is 5.75 Å². The second kappa shape index (κ2) is 4.19. The Kier molecular flexibility index (Phi) is 3.43. The first-order chi connectivity index (χ1) is 6.04. The van der Waals surface area contributed by atoms with Crippen molar-refractivity contribution in [2.75, 3.05) is 5.75 Å². The molecule has 0 spiro atoms. The summed E-state index contributed by atoms with van der Waals surface area (Å²) in [4.78, 5) is 1.37. The first kappa shape index (κ1) is 10.6. The van der Waals surface area contributed by atoms with Gasteiger partial charge in [-0.3, -0.25) is 0 Å². The van der Waals surface area contributed by atoms with Crippen molar-refractivity contribution in [3.05, 3.63) is 29.8 Å². The predicted octanol–water partition coefficient (Wildman–Crippen LogP) is 4.10. The van der Waals surface area contributed by atoms with Crippen molar-refractivity contribution < 1.29 is 0 Å². The highest BCUT2D eigenvalue weighted by Gasteiger charge is 2.12. The summed E-state index contributed by atoms with van der Waals surface area (Å²) in [6, 6.07) is 8.90. The van der Waals surface area contributed by atoms with Crippen molar-refractivity contribution in [2.24, 2.45) is 0 Å². The summed E-state index contributed by atoms with van der Waals surface area (Å²) in [6.45, 7) is 8.92. The molecular weight excluding hydrogens is 176 g/mol. The molecule has 0 radical (unpaired) electrons. The van der Waals surface area contributed by atoms with E-state index in [4.69, 9.17) is 0 Å². The van der Waals surface area contributed by atoms with Gasteiger partial charge in [0.05, 0.1) is 0 Å². The molecule has 0 aromatic heterocycles. The highest BCUT2D eigenvalue weighted by molar-refractivity contribution is 7.99. The Balaban J connectivity index is 2.81. The van der Waals surface area contributed by atoms with E-state index in [9.17, 15) is 0 Å². The minimum absolute atomic E-state index is 0.273. The van der Waals surface area contributed by atoms with Gasteiger partial charge in [-0.2, -0.15) is 0 Å². The molecule has 13 heavy (non-hydrogen) atoms. The zero-order valence-electron chi connectivity index (χ0n) is 8.92. The van der Waals surface area contributed by atoms with E-state index < -0.39 is 0 Å². The Morgan fingerprint density at radius 3 is 2.00 bits per heavy atom. The molecule has 0 bridgehead atoms. The van der Waals surface area contributed by atoms with Crippen LogP contribution in [0.1, 0.15) is 33.3 Å². The Morgan fingerprint density at radius 2 is 1.62 bits per heavy atom. The fourth-order valence-corrected chi connectivity index (χ4v) is 1.88. The van der Waals surface area contributed by atoms with Crippen molar-refractivity contribution >= 4 is 11.8 Å². The zero-order valence-corrected chi connectivity index (χ0v) is 9.74. The molecule has 0 aliphatic carbocycles. The standard InChI is InChI=1S/C12H18S/c1-5-13-11-8-6-10(7-9-11)12(2,3)4/h6-9H,5H2,1-4H3. The van der Waals surface area contributed by atoms with Gasteiger partial charge in [0.15, 0.2) is 0 Å². The van der Waals surface area contributed by atoms with Gasteiger partial charge in [-0.1, -0.05) is 39.8 Å². The van der Waals surface area contributed by atoms with E-state index in [-0.39, 0.29) is 5.41 Å². The summed E-state index contributed by atoms with van der Waals surface area (Å²) in [5, 5.41) is 0. The number of thioether (sulfide) groups is 1. The van der Waals surface area contributed by atoms with Crippen LogP contribution in [0.15, 0.2) is 29.2 Å². The number of rotatable bonds is 2. The lowest BCUT2D eigenvalue weighted by Gasteiger charge is -2.18. The van der Waals surface area contributed by atoms with Gasteiger partial charge in [0.25, 0.3) is 0 Å². The minimum Gasteiger partial charge on any atom is -0.126 e. The molecule has 0 nitrogen and oxygen atoms in total. The first-order valence-electron chi connectivity index (χ1n) is 4.77. The summed E-state index contributed by atoms with van der Waals surface area (Å²) in [6.07, 6.45) is 0. The van der Waals surface area contributed by atoms with Gasteiger partial charge >= 0.3 is 0 Å². The molecule has 0 fully saturated rings. The number of hydrogen-bond acceptors (Lipinski definition) is 1. The summed E-state index contributed by atoms with van der Waals surface area (Å²) < 4.78 is 0. The lowest BCUT2D eigenvalue weighted by atomic mass is 9.87. The summed E-state index contributed by atoms with van der Waals surface area (Å²) in [5.74, 6) is 1.15. The second-order valence-corrected chi connectivity index (χ2v) is 5.54. The zero-order chi connectivity index (χ0) is 9.90. The molecule has 0 aliphatic rings. The van der Waals surface area contributed by atoms with Gasteiger partial charge in [-0.15, -0.1) is 11.8 Å². The molecular formula is C12H18S. The third-order valence-electron chi connectivity index (χ3n) is 2.03. The summed E-state index contributed by atoms with van der Waals surface area (Å²) >= 11 is 1.89. The molecule has 72 valence electrons. The predicted molar refractivity (Wildman–Crippen MR) is 61.5 cm³/mol. The van der Waals surface area contributed by atoms with Crippen molar-refractivity contribution in [1.82, 2.24) is 0 Å². The van der Waals surface area contributed by atoms with Crippen molar-refractivity contribution in [2.45, 2.75) is 38.0 Å². The van der Waals surface area contributed by atoms with E-state index in [1.165, 1.54) is 10.5 Å². The van der Waals surface area contributed by atoms with Crippen LogP contribution in [0, 0.1) is 0 Å². The van der Waals surface area contributed by atoms with Crippen LogP contribution in [0.3, 0.4) is 0 Å². The van der Waals surface area contributed by atoms with Gasteiger partial charge in [-0.25, -0.2) is 0 Å². The summed E-state index contributed by atoms with van der Waals surface area (Å²) in [7, 11) is 0. The number of hydrogen-bond donors (Lipinski definition) is 0. The van der Waals surface area contributed by atoms with Gasteiger partial charge < -0.3 is 0 Å². The smallest absolute Gasteiger partial charge is 0.00720 e. The molecule has 1 aromatic rings. The van der Waals surface area contributed by atoms with Crippen molar-refractivity contribution in [1.29, 1.82) is 0 Å². The van der Waals surface area contributed by atoms with Crippen molar-refractivity contribution in [3.8, 4) is 0 Å². The largest absolute Gasteiger partial charge is 0.126 e. The van der Waals surface area contributed by atoms with Crippen LogP contribution in [0.25, 0.3) is 0 Å². The van der Waals surface area contributed by atoms with E-state index in [0.29, 0.717) is 0 Å². The molecule has 1 heteroatoms. The Labute approximate surface area is 85.7 Å². The molecule has 0 aliphatic heterocycles. The lowest BCUT2D eigenvalue weighted by Crippen LogP contribution is -2.10. The fourth-order valence-electron chi connectivity index (χ4n) is 1.22. The molecule has 0 atom stereocenters. The molecule has 0 unspecified atom stereocenters. The highest BCUT2D eigenvalue weighted by Crippen LogP contribution is 2.25. The maximum absolute atomic E-state index is 2.25. The Hall–Kier alpha value is -0.430. The quantitative estimate of drug-likeness (QED) is 0.639.